The average Bonchev–Trinajstić information content (AvgIpc) is 3.33. The molecule has 3 N–H and O–H groups in total. The van der Waals surface area contributed by atoms with Crippen molar-refractivity contribution in [2.45, 2.75) is 77.7 Å². The van der Waals surface area contributed by atoms with Crippen LogP contribution in [0.25, 0.3) is 11.0 Å². The number of ether oxygens (including phenoxy) is 1. The van der Waals surface area contributed by atoms with E-state index in [1.807, 2.05) is 45.9 Å². The Bertz CT molecular complexity index is 860. The fourth-order valence-corrected chi connectivity index (χ4v) is 4.21. The number of hydrogen-bond donors (Lipinski definition) is 3. The van der Waals surface area contributed by atoms with Crippen LogP contribution in [0.5, 0.6) is 5.75 Å². The van der Waals surface area contributed by atoms with Crippen LogP contribution in [-0.4, -0.2) is 51.8 Å². The summed E-state index contributed by atoms with van der Waals surface area (Å²) in [6.45, 7) is 13.2. The summed E-state index contributed by atoms with van der Waals surface area (Å²) in [7, 11) is 0. The van der Waals surface area contributed by atoms with Gasteiger partial charge in [-0.15, -0.1) is 0 Å². The van der Waals surface area contributed by atoms with Gasteiger partial charge in [0.2, 0.25) is 0 Å². The molecule has 0 saturated carbocycles. The van der Waals surface area contributed by atoms with Gasteiger partial charge in [-0.1, -0.05) is 26.3 Å². The van der Waals surface area contributed by atoms with E-state index in [0.717, 1.165) is 27.9 Å². The van der Waals surface area contributed by atoms with Crippen LogP contribution >= 0.6 is 0 Å². The molecule has 2 aliphatic heterocycles. The van der Waals surface area contributed by atoms with Crippen molar-refractivity contribution >= 4 is 11.0 Å². The Kier molecular flexibility index (Phi) is 6.63. The summed E-state index contributed by atoms with van der Waals surface area (Å²) in [5.41, 5.74) is 2.19. The molecule has 166 valence electrons. The van der Waals surface area contributed by atoms with Crippen LogP contribution in [0.4, 0.5) is 0 Å². The van der Waals surface area contributed by atoms with Gasteiger partial charge in [0, 0.05) is 30.5 Å². The molecule has 30 heavy (non-hydrogen) atoms. The van der Waals surface area contributed by atoms with Gasteiger partial charge in [-0.25, -0.2) is 0 Å². The summed E-state index contributed by atoms with van der Waals surface area (Å²) in [6, 6.07) is 5.87. The van der Waals surface area contributed by atoms with Gasteiger partial charge in [0.15, 0.2) is 0 Å². The highest BCUT2D eigenvalue weighted by molar-refractivity contribution is 5.80. The number of furan rings is 1. The fourth-order valence-electron chi connectivity index (χ4n) is 4.21. The second-order valence-corrected chi connectivity index (χ2v) is 9.38. The number of hydrogen-bond acceptors (Lipinski definition) is 6. The van der Waals surface area contributed by atoms with E-state index in [0.29, 0.717) is 19.5 Å². The largest absolute Gasteiger partial charge is 0.487 e. The molecule has 0 amide bonds. The van der Waals surface area contributed by atoms with E-state index in [1.165, 1.54) is 11.5 Å². The molecule has 1 aromatic carbocycles. The number of benzene rings is 1. The summed E-state index contributed by atoms with van der Waals surface area (Å²) in [5.74, 6) is 0.824. The van der Waals surface area contributed by atoms with Gasteiger partial charge in [-0.3, -0.25) is 0 Å². The van der Waals surface area contributed by atoms with Crippen molar-refractivity contribution in [3.05, 3.63) is 41.7 Å². The number of nitrogens with one attached hydrogen (secondary N) is 1. The number of aliphatic hydroxyl groups is 1. The molecule has 2 unspecified atom stereocenters. The van der Waals surface area contributed by atoms with Gasteiger partial charge in [-0.05, 0) is 51.5 Å². The lowest BCUT2D eigenvalue weighted by Gasteiger charge is -2.36. The summed E-state index contributed by atoms with van der Waals surface area (Å²) in [4.78, 5) is 0. The maximum Gasteiger partial charge on any atom is 0.134 e. The summed E-state index contributed by atoms with van der Waals surface area (Å²) in [5, 5.41) is 26.7. The lowest BCUT2D eigenvalue weighted by atomic mass is 9.96. The molecule has 0 spiro atoms. The molecule has 2 atom stereocenters. The van der Waals surface area contributed by atoms with Crippen molar-refractivity contribution in [3.8, 4) is 5.75 Å². The highest BCUT2D eigenvalue weighted by Gasteiger charge is 2.44. The molecule has 0 aliphatic carbocycles. The van der Waals surface area contributed by atoms with E-state index in [-0.39, 0.29) is 6.10 Å². The van der Waals surface area contributed by atoms with E-state index in [2.05, 4.69) is 25.2 Å². The summed E-state index contributed by atoms with van der Waals surface area (Å²) >= 11 is 0. The molecule has 6 heteroatoms. The smallest absolute Gasteiger partial charge is 0.134 e. The molecular weight excluding hydrogens is 380 g/mol. The minimum Gasteiger partial charge on any atom is -0.487 e. The number of hydroxylamine groups is 2. The quantitative estimate of drug-likeness (QED) is 0.631. The Labute approximate surface area is 179 Å². The van der Waals surface area contributed by atoms with Crippen molar-refractivity contribution < 1.29 is 19.5 Å². The van der Waals surface area contributed by atoms with Gasteiger partial charge in [-0.2, -0.15) is 5.06 Å². The zero-order valence-electron chi connectivity index (χ0n) is 19.0. The Morgan fingerprint density at radius 3 is 2.57 bits per heavy atom. The van der Waals surface area contributed by atoms with Crippen LogP contribution in [0, 0.1) is 0 Å². The first-order chi connectivity index (χ1) is 14.1. The van der Waals surface area contributed by atoms with Crippen LogP contribution in [0.1, 0.15) is 53.5 Å². The molecule has 3 heterocycles. The van der Waals surface area contributed by atoms with Crippen molar-refractivity contribution in [2.24, 2.45) is 0 Å². The standard InChI is InChI=1S/C21H28N2O4.C3H8/c1-20(2)10-15(21(3,4)23(20)25)11-22-12-16(24)19-9-14-8-17-13(5-6-26-17)7-18(14)27-19;1-3-2/h5-8,10,16,19,22,24-25H,9,11-12H2,1-4H3;3H2,1-2H3. The third kappa shape index (κ3) is 4.42. The predicted molar refractivity (Wildman–Crippen MR) is 119 cm³/mol. The van der Waals surface area contributed by atoms with E-state index >= 15 is 0 Å². The van der Waals surface area contributed by atoms with Crippen LogP contribution in [0.3, 0.4) is 0 Å². The highest BCUT2D eigenvalue weighted by atomic mass is 16.5. The lowest BCUT2D eigenvalue weighted by molar-refractivity contribution is -0.185. The number of fused-ring (bicyclic) bond motifs is 2. The lowest BCUT2D eigenvalue weighted by Crippen LogP contribution is -2.49. The van der Waals surface area contributed by atoms with Gasteiger partial charge in [0.25, 0.3) is 0 Å². The van der Waals surface area contributed by atoms with E-state index < -0.39 is 17.2 Å². The van der Waals surface area contributed by atoms with Gasteiger partial charge in [0.1, 0.15) is 23.5 Å². The Morgan fingerprint density at radius 1 is 1.23 bits per heavy atom. The van der Waals surface area contributed by atoms with Crippen molar-refractivity contribution in [1.29, 1.82) is 0 Å². The molecule has 0 bridgehead atoms. The zero-order chi connectivity index (χ0) is 22.1. The summed E-state index contributed by atoms with van der Waals surface area (Å²) < 4.78 is 11.4. The fraction of sp³-hybridized carbons (Fsp3) is 0.583. The minimum absolute atomic E-state index is 0.268. The Morgan fingerprint density at radius 2 is 1.93 bits per heavy atom. The molecule has 1 aromatic heterocycles. The molecule has 0 radical (unpaired) electrons. The van der Waals surface area contributed by atoms with Crippen LogP contribution in [0.2, 0.25) is 0 Å². The minimum atomic E-state index is -0.618. The average molecular weight is 417 g/mol. The monoisotopic (exact) mass is 416 g/mol. The zero-order valence-corrected chi connectivity index (χ0v) is 19.0. The van der Waals surface area contributed by atoms with Crippen molar-refractivity contribution in [2.75, 3.05) is 13.1 Å². The topological polar surface area (TPSA) is 78.1 Å². The molecule has 0 saturated heterocycles. The summed E-state index contributed by atoms with van der Waals surface area (Å²) in [6.07, 6.45) is 4.79. The van der Waals surface area contributed by atoms with Gasteiger partial charge >= 0.3 is 0 Å². The SMILES string of the molecule is CC1(C)C=C(CNCC(O)C2Cc3cc4occc4cc3O2)C(C)(C)N1O.CCC. The third-order valence-corrected chi connectivity index (χ3v) is 5.82. The molecule has 2 aliphatic rings. The second kappa shape index (κ2) is 8.71. The number of aliphatic hydroxyl groups excluding tert-OH is 1. The first kappa shape index (κ1) is 22.8. The first-order valence-electron chi connectivity index (χ1n) is 10.9. The maximum absolute atomic E-state index is 10.6. The van der Waals surface area contributed by atoms with E-state index in [9.17, 15) is 10.3 Å². The molecule has 0 fully saturated rings. The van der Waals surface area contributed by atoms with E-state index in [4.69, 9.17) is 9.15 Å². The molecule has 6 nitrogen and oxygen atoms in total. The predicted octanol–water partition coefficient (Wildman–Crippen LogP) is 4.29. The number of nitrogens with zero attached hydrogens (tertiary/aromatic N) is 1. The van der Waals surface area contributed by atoms with Crippen LogP contribution in [-0.2, 0) is 6.42 Å². The van der Waals surface area contributed by atoms with Gasteiger partial charge in [0.05, 0.1) is 17.3 Å². The third-order valence-electron chi connectivity index (χ3n) is 5.82. The Balaban J connectivity index is 0.000000806. The number of rotatable bonds is 5. The molecule has 4 rings (SSSR count). The highest BCUT2D eigenvalue weighted by Crippen LogP contribution is 2.38. The second-order valence-electron chi connectivity index (χ2n) is 9.38. The van der Waals surface area contributed by atoms with Crippen LogP contribution < -0.4 is 10.1 Å². The molecule has 2 aromatic rings. The van der Waals surface area contributed by atoms with Crippen LogP contribution in [0.15, 0.2) is 40.5 Å². The Hall–Kier alpha value is -1.86. The van der Waals surface area contributed by atoms with Crippen molar-refractivity contribution in [1.82, 2.24) is 10.4 Å². The molecular formula is C24H36N2O4. The normalized spacial score (nSPS) is 22.8. The van der Waals surface area contributed by atoms with Crippen molar-refractivity contribution in [3.63, 3.8) is 0 Å². The van der Waals surface area contributed by atoms with E-state index in [1.54, 1.807) is 6.26 Å². The maximum atomic E-state index is 10.6. The van der Waals surface area contributed by atoms with Gasteiger partial charge < -0.3 is 24.8 Å². The first-order valence-corrected chi connectivity index (χ1v) is 10.9.